The molecule has 21 heavy (non-hydrogen) atoms. The minimum Gasteiger partial charge on any atom is -0.462 e. The summed E-state index contributed by atoms with van der Waals surface area (Å²) in [7, 11) is 3.29. The van der Waals surface area contributed by atoms with E-state index in [2.05, 4.69) is 0 Å². The largest absolute Gasteiger partial charge is 0.462 e. The maximum atomic E-state index is 12.0. The van der Waals surface area contributed by atoms with Gasteiger partial charge in [0.25, 0.3) is 0 Å². The van der Waals surface area contributed by atoms with Crippen LogP contribution in [0.3, 0.4) is 0 Å². The van der Waals surface area contributed by atoms with E-state index in [0.29, 0.717) is 24.3 Å². The molecule has 1 heterocycles. The van der Waals surface area contributed by atoms with Crippen LogP contribution in [0, 0.1) is 0 Å². The van der Waals surface area contributed by atoms with Crippen LogP contribution in [0.5, 0.6) is 0 Å². The molecule has 0 atom stereocenters. The van der Waals surface area contributed by atoms with Crippen LogP contribution in [0.2, 0.25) is 0 Å². The number of hydrogen-bond donors (Lipinski definition) is 0. The van der Waals surface area contributed by atoms with Crippen molar-refractivity contribution in [3.63, 3.8) is 0 Å². The summed E-state index contributed by atoms with van der Waals surface area (Å²) in [5.74, 6) is 0.123. The molecule has 0 radical (unpaired) electrons. The summed E-state index contributed by atoms with van der Waals surface area (Å²) in [6.45, 7) is 4.17. The van der Waals surface area contributed by atoms with E-state index in [-0.39, 0.29) is 11.9 Å². The summed E-state index contributed by atoms with van der Waals surface area (Å²) in [6.07, 6.45) is 2.04. The van der Waals surface area contributed by atoms with Crippen LogP contribution < -0.4 is 0 Å². The summed E-state index contributed by atoms with van der Waals surface area (Å²) >= 11 is 0. The smallest absolute Gasteiger partial charge is 0.338 e. The third-order valence-electron chi connectivity index (χ3n) is 2.78. The number of carbonyl (C=O) groups excluding carboxylic acids is 2. The lowest BCUT2D eigenvalue weighted by Gasteiger charge is -2.11. The molecule has 4 nitrogen and oxygen atoms in total. The van der Waals surface area contributed by atoms with Crippen molar-refractivity contribution in [2.45, 2.75) is 13.8 Å². The molecule has 0 saturated heterocycles. The van der Waals surface area contributed by atoms with Crippen LogP contribution in [-0.2, 0) is 9.47 Å². The molecule has 2 rings (SSSR count). The summed E-state index contributed by atoms with van der Waals surface area (Å²) in [5.41, 5.74) is 1.65. The molecular formula is C15H16O4S2. The van der Waals surface area contributed by atoms with Gasteiger partial charge in [-0.3, -0.25) is 0 Å². The maximum Gasteiger partial charge on any atom is 0.338 e. The first-order valence-electron chi connectivity index (χ1n) is 6.65. The Bertz CT molecular complexity index is 581. The zero-order valence-electron chi connectivity index (χ0n) is 11.9. The van der Waals surface area contributed by atoms with Crippen molar-refractivity contribution in [1.29, 1.82) is 0 Å². The minimum atomic E-state index is -0.384. The molecule has 0 N–H and O–H groups in total. The molecule has 1 aliphatic heterocycles. The summed E-state index contributed by atoms with van der Waals surface area (Å²) in [5, 5.41) is 0. The van der Waals surface area contributed by atoms with E-state index < -0.39 is 0 Å². The van der Waals surface area contributed by atoms with Crippen molar-refractivity contribution in [1.82, 2.24) is 0 Å². The molecule has 0 bridgehead atoms. The van der Waals surface area contributed by atoms with E-state index in [1.165, 1.54) is 0 Å². The quantitative estimate of drug-likeness (QED) is 0.607. The second-order valence-electron chi connectivity index (χ2n) is 4.14. The highest BCUT2D eigenvalue weighted by atomic mass is 33.1. The molecule has 1 aromatic rings. The highest BCUT2D eigenvalue weighted by molar-refractivity contribution is 8.80. The fourth-order valence-electron chi connectivity index (χ4n) is 1.87. The van der Waals surface area contributed by atoms with Crippen LogP contribution in [-0.4, -0.2) is 30.9 Å². The van der Waals surface area contributed by atoms with Gasteiger partial charge in [0, 0.05) is 16.2 Å². The van der Waals surface area contributed by atoms with Gasteiger partial charge in [0.2, 0.25) is 0 Å². The molecule has 1 aliphatic rings. The first kappa shape index (κ1) is 16.0. The van der Waals surface area contributed by atoms with Crippen LogP contribution >= 0.6 is 21.6 Å². The van der Waals surface area contributed by atoms with Crippen LogP contribution in [0.25, 0.3) is 4.91 Å². The van der Waals surface area contributed by atoms with Crippen LogP contribution in [0.1, 0.15) is 40.1 Å². The molecule has 0 saturated carbocycles. The maximum absolute atomic E-state index is 12.0. The molecule has 0 aliphatic carbocycles. The second-order valence-corrected chi connectivity index (χ2v) is 6.52. The van der Waals surface area contributed by atoms with Crippen LogP contribution in [0.4, 0.5) is 0 Å². The van der Waals surface area contributed by atoms with E-state index in [4.69, 9.17) is 9.47 Å². The van der Waals surface area contributed by atoms with Crippen molar-refractivity contribution >= 4 is 38.4 Å². The first-order chi connectivity index (χ1) is 10.2. The topological polar surface area (TPSA) is 52.6 Å². The number of carbonyl (C=O) groups is 2. The van der Waals surface area contributed by atoms with Gasteiger partial charge in [-0.2, -0.15) is 0 Å². The number of benzene rings is 1. The van der Waals surface area contributed by atoms with Gasteiger partial charge < -0.3 is 9.47 Å². The molecule has 6 heteroatoms. The zero-order valence-corrected chi connectivity index (χ0v) is 13.5. The average Bonchev–Trinajstić information content (AvgIpc) is 3.01. The molecule has 0 aromatic heterocycles. The van der Waals surface area contributed by atoms with Crippen LogP contribution in [0.15, 0.2) is 24.3 Å². The molecule has 112 valence electrons. The van der Waals surface area contributed by atoms with Crippen molar-refractivity contribution in [2.75, 3.05) is 19.0 Å². The predicted molar refractivity (Wildman–Crippen MR) is 86.4 cm³/mol. The number of esters is 2. The molecule has 0 spiro atoms. The Labute approximate surface area is 131 Å². The van der Waals surface area contributed by atoms with Gasteiger partial charge in [-0.15, -0.1) is 0 Å². The van der Waals surface area contributed by atoms with Crippen molar-refractivity contribution < 1.29 is 19.1 Å². The third kappa shape index (κ3) is 3.83. The lowest BCUT2D eigenvalue weighted by Crippen LogP contribution is -2.10. The molecular weight excluding hydrogens is 308 g/mol. The van der Waals surface area contributed by atoms with Gasteiger partial charge in [0.15, 0.2) is 0 Å². The monoisotopic (exact) mass is 324 g/mol. The van der Waals surface area contributed by atoms with Gasteiger partial charge in [-0.1, -0.05) is 27.7 Å². The summed E-state index contributed by atoms with van der Waals surface area (Å²) in [6, 6.07) is 4.93. The Hall–Kier alpha value is -1.40. The Morgan fingerprint density at radius 1 is 1.14 bits per heavy atom. The van der Waals surface area contributed by atoms with Gasteiger partial charge in [0.05, 0.1) is 24.3 Å². The van der Waals surface area contributed by atoms with Gasteiger partial charge in [-0.25, -0.2) is 9.59 Å². The van der Waals surface area contributed by atoms with E-state index in [9.17, 15) is 9.59 Å². The third-order valence-corrected chi connectivity index (χ3v) is 5.06. The minimum absolute atomic E-state index is 0.318. The SMILES string of the molecule is CCOC(=O)c1ccc(C(=O)OCC)c(C2=CCSS2)c1. The fourth-order valence-corrected chi connectivity index (χ4v) is 4.08. The Morgan fingerprint density at radius 2 is 1.86 bits per heavy atom. The first-order valence-corrected chi connectivity index (χ1v) is 8.97. The van der Waals surface area contributed by atoms with Crippen molar-refractivity contribution in [3.05, 3.63) is 41.0 Å². The van der Waals surface area contributed by atoms with Crippen molar-refractivity contribution in [2.24, 2.45) is 0 Å². The number of rotatable bonds is 5. The summed E-state index contributed by atoms with van der Waals surface area (Å²) in [4.78, 5) is 24.9. The summed E-state index contributed by atoms with van der Waals surface area (Å²) < 4.78 is 10.1. The van der Waals surface area contributed by atoms with Crippen molar-refractivity contribution in [3.8, 4) is 0 Å². The Balaban J connectivity index is 2.41. The molecule has 0 fully saturated rings. The van der Waals surface area contributed by atoms with Gasteiger partial charge >= 0.3 is 11.9 Å². The van der Waals surface area contributed by atoms with Gasteiger partial charge in [-0.05, 0) is 32.0 Å². The average molecular weight is 324 g/mol. The van der Waals surface area contributed by atoms with E-state index in [0.717, 1.165) is 16.2 Å². The Morgan fingerprint density at radius 3 is 2.48 bits per heavy atom. The lowest BCUT2D eigenvalue weighted by atomic mass is 10.0. The van der Waals surface area contributed by atoms with E-state index in [1.54, 1.807) is 53.6 Å². The molecule has 0 unspecified atom stereocenters. The van der Waals surface area contributed by atoms with Gasteiger partial charge in [0.1, 0.15) is 0 Å². The number of ether oxygens (including phenoxy) is 2. The lowest BCUT2D eigenvalue weighted by molar-refractivity contribution is 0.0511. The van der Waals surface area contributed by atoms with E-state index >= 15 is 0 Å². The normalized spacial score (nSPS) is 13.7. The van der Waals surface area contributed by atoms with E-state index in [1.807, 2.05) is 6.08 Å². The Kier molecular flexibility index (Phi) is 5.76. The number of hydrogen-bond acceptors (Lipinski definition) is 6. The zero-order chi connectivity index (χ0) is 15.2. The fraction of sp³-hybridized carbons (Fsp3) is 0.333. The second kappa shape index (κ2) is 7.56. The predicted octanol–water partition coefficient (Wildman–Crippen LogP) is 3.78. The standard InChI is InChI=1S/C15H16O4S2/c1-3-18-14(16)10-5-6-11(15(17)19-4-2)12(9-10)13-7-8-20-21-13/h5-7,9H,3-4,8H2,1-2H3. The highest BCUT2D eigenvalue weighted by Crippen LogP contribution is 2.44. The molecule has 1 aromatic carbocycles. The molecule has 0 amide bonds. The highest BCUT2D eigenvalue weighted by Gasteiger charge is 2.20.